The summed E-state index contributed by atoms with van der Waals surface area (Å²) >= 11 is 0. The van der Waals surface area contributed by atoms with Crippen molar-refractivity contribution in [2.75, 3.05) is 0 Å². The van der Waals surface area contributed by atoms with E-state index in [1.807, 2.05) is 0 Å². The summed E-state index contributed by atoms with van der Waals surface area (Å²) in [6, 6.07) is -0.216. The zero-order valence-corrected chi connectivity index (χ0v) is 8.06. The predicted molar refractivity (Wildman–Crippen MR) is 47.6 cm³/mol. The first-order valence-corrected chi connectivity index (χ1v) is 5.31. The number of hydrogen-bond acceptors (Lipinski definition) is 1. The summed E-state index contributed by atoms with van der Waals surface area (Å²) in [4.78, 5) is 0. The van der Waals surface area contributed by atoms with E-state index >= 15 is 0 Å². The molecule has 0 amide bonds. The summed E-state index contributed by atoms with van der Waals surface area (Å²) < 4.78 is 35.8. The predicted octanol–water partition coefficient (Wildman–Crippen LogP) is 2.70. The van der Waals surface area contributed by atoms with Crippen molar-refractivity contribution < 1.29 is 13.2 Å². The van der Waals surface area contributed by atoms with Gasteiger partial charge in [0.2, 0.25) is 0 Å². The second-order valence-electron chi connectivity index (χ2n) is 4.65. The number of halogens is 3. The van der Waals surface area contributed by atoms with E-state index in [0.29, 0.717) is 17.8 Å². The quantitative estimate of drug-likeness (QED) is 0.756. The molecule has 2 fully saturated rings. The van der Waals surface area contributed by atoms with Gasteiger partial charge in [0.25, 0.3) is 0 Å². The van der Waals surface area contributed by atoms with Crippen molar-refractivity contribution in [2.45, 2.75) is 44.3 Å². The van der Waals surface area contributed by atoms with Gasteiger partial charge in [0.05, 0.1) is 0 Å². The van der Waals surface area contributed by atoms with Gasteiger partial charge in [-0.3, -0.25) is 0 Å². The molecule has 0 aromatic heterocycles. The van der Waals surface area contributed by atoms with Gasteiger partial charge in [-0.25, -0.2) is 0 Å². The van der Waals surface area contributed by atoms with Gasteiger partial charge in [0.15, 0.2) is 0 Å². The average molecular weight is 207 g/mol. The van der Waals surface area contributed by atoms with Crippen molar-refractivity contribution in [3.05, 3.63) is 0 Å². The van der Waals surface area contributed by atoms with Crippen LogP contribution in [0.2, 0.25) is 0 Å². The minimum atomic E-state index is -4.04. The Balaban J connectivity index is 1.72. The van der Waals surface area contributed by atoms with Crippen LogP contribution in [0.15, 0.2) is 0 Å². The number of fused-ring (bicyclic) bond motifs is 1. The maximum absolute atomic E-state index is 11.9. The van der Waals surface area contributed by atoms with Gasteiger partial charge in [-0.1, -0.05) is 6.42 Å². The number of alkyl halides is 3. The molecule has 2 aliphatic carbocycles. The van der Waals surface area contributed by atoms with Crippen LogP contribution in [-0.2, 0) is 0 Å². The molecule has 0 spiro atoms. The lowest BCUT2D eigenvalue weighted by Crippen LogP contribution is -2.27. The van der Waals surface area contributed by atoms with E-state index in [-0.39, 0.29) is 12.5 Å². The SMILES string of the molecule is NC(CCC(F)(F)F)C1C2CCCC21. The molecule has 2 N–H and O–H groups in total. The fourth-order valence-corrected chi connectivity index (χ4v) is 3.03. The van der Waals surface area contributed by atoms with Crippen molar-refractivity contribution in [2.24, 2.45) is 23.5 Å². The van der Waals surface area contributed by atoms with Crippen LogP contribution in [0.1, 0.15) is 32.1 Å². The van der Waals surface area contributed by atoms with E-state index in [1.165, 1.54) is 19.3 Å². The van der Waals surface area contributed by atoms with Crippen LogP contribution in [0.3, 0.4) is 0 Å². The van der Waals surface area contributed by atoms with Crippen molar-refractivity contribution in [1.82, 2.24) is 0 Å². The van der Waals surface area contributed by atoms with E-state index in [9.17, 15) is 13.2 Å². The molecule has 2 saturated carbocycles. The maximum atomic E-state index is 11.9. The third-order valence-corrected chi connectivity index (χ3v) is 3.73. The topological polar surface area (TPSA) is 26.0 Å². The molecule has 0 aliphatic heterocycles. The second-order valence-corrected chi connectivity index (χ2v) is 4.65. The van der Waals surface area contributed by atoms with Gasteiger partial charge in [-0.2, -0.15) is 13.2 Å². The minimum absolute atomic E-state index is 0.112. The first kappa shape index (κ1) is 10.3. The first-order valence-electron chi connectivity index (χ1n) is 5.31. The second kappa shape index (κ2) is 3.40. The Bertz CT molecular complexity index is 204. The first-order chi connectivity index (χ1) is 6.49. The number of rotatable bonds is 3. The minimum Gasteiger partial charge on any atom is -0.327 e. The molecular formula is C10H16F3N. The Morgan fingerprint density at radius 2 is 1.79 bits per heavy atom. The third kappa shape index (κ3) is 2.05. The highest BCUT2D eigenvalue weighted by atomic mass is 19.4. The molecule has 82 valence electrons. The van der Waals surface area contributed by atoms with Gasteiger partial charge < -0.3 is 5.73 Å². The largest absolute Gasteiger partial charge is 0.389 e. The number of nitrogens with two attached hydrogens (primary N) is 1. The van der Waals surface area contributed by atoms with E-state index in [1.54, 1.807) is 0 Å². The normalized spacial score (nSPS) is 38.1. The van der Waals surface area contributed by atoms with Crippen LogP contribution in [0.25, 0.3) is 0 Å². The molecule has 2 aliphatic rings. The lowest BCUT2D eigenvalue weighted by molar-refractivity contribution is -0.136. The summed E-state index contributed by atoms with van der Waals surface area (Å²) in [5.74, 6) is 1.74. The van der Waals surface area contributed by atoms with Gasteiger partial charge in [0.1, 0.15) is 0 Å². The van der Waals surface area contributed by atoms with Crippen molar-refractivity contribution in [3.8, 4) is 0 Å². The highest BCUT2D eigenvalue weighted by Crippen LogP contribution is 2.59. The highest BCUT2D eigenvalue weighted by molar-refractivity contribution is 5.05. The Kier molecular flexibility index (Phi) is 2.50. The van der Waals surface area contributed by atoms with Crippen LogP contribution in [0.4, 0.5) is 13.2 Å². The lowest BCUT2D eigenvalue weighted by atomic mass is 10.0. The molecule has 0 radical (unpaired) electrons. The molecule has 0 aromatic rings. The van der Waals surface area contributed by atoms with E-state index in [2.05, 4.69) is 0 Å². The van der Waals surface area contributed by atoms with E-state index in [4.69, 9.17) is 5.73 Å². The Labute approximate surface area is 81.8 Å². The molecule has 0 saturated heterocycles. The summed E-state index contributed by atoms with van der Waals surface area (Å²) in [5.41, 5.74) is 5.78. The third-order valence-electron chi connectivity index (χ3n) is 3.73. The molecule has 1 nitrogen and oxygen atoms in total. The molecule has 4 heteroatoms. The van der Waals surface area contributed by atoms with Crippen LogP contribution in [0, 0.1) is 17.8 Å². The summed E-state index contributed by atoms with van der Waals surface area (Å²) in [6.07, 6.45) is -1.02. The fourth-order valence-electron chi connectivity index (χ4n) is 3.03. The van der Waals surface area contributed by atoms with Gasteiger partial charge in [0, 0.05) is 12.5 Å². The number of hydrogen-bond donors (Lipinski definition) is 1. The fraction of sp³-hybridized carbons (Fsp3) is 1.00. The van der Waals surface area contributed by atoms with Gasteiger partial charge in [-0.15, -0.1) is 0 Å². The molecule has 0 bridgehead atoms. The van der Waals surface area contributed by atoms with Crippen LogP contribution < -0.4 is 5.73 Å². The Hall–Kier alpha value is -0.250. The molecule has 0 heterocycles. The highest BCUT2D eigenvalue weighted by Gasteiger charge is 2.54. The van der Waals surface area contributed by atoms with Crippen LogP contribution in [0.5, 0.6) is 0 Å². The van der Waals surface area contributed by atoms with Gasteiger partial charge in [-0.05, 0) is 37.0 Å². The molecule has 3 atom stereocenters. The zero-order chi connectivity index (χ0) is 10.3. The lowest BCUT2D eigenvalue weighted by Gasteiger charge is -2.14. The molecule has 0 aromatic carbocycles. The maximum Gasteiger partial charge on any atom is 0.389 e. The van der Waals surface area contributed by atoms with Crippen molar-refractivity contribution >= 4 is 0 Å². The molecule has 14 heavy (non-hydrogen) atoms. The van der Waals surface area contributed by atoms with Crippen molar-refractivity contribution in [1.29, 1.82) is 0 Å². The zero-order valence-electron chi connectivity index (χ0n) is 8.06. The van der Waals surface area contributed by atoms with Crippen molar-refractivity contribution in [3.63, 3.8) is 0 Å². The monoisotopic (exact) mass is 207 g/mol. The molecular weight excluding hydrogens is 191 g/mol. The summed E-state index contributed by atoms with van der Waals surface area (Å²) in [6.45, 7) is 0. The molecule has 3 unspecified atom stereocenters. The Morgan fingerprint density at radius 3 is 2.29 bits per heavy atom. The summed E-state index contributed by atoms with van der Waals surface area (Å²) in [7, 11) is 0. The smallest absolute Gasteiger partial charge is 0.327 e. The van der Waals surface area contributed by atoms with E-state index in [0.717, 1.165) is 0 Å². The average Bonchev–Trinajstić information content (AvgIpc) is 2.54. The van der Waals surface area contributed by atoms with Gasteiger partial charge >= 0.3 is 6.18 Å². The van der Waals surface area contributed by atoms with E-state index < -0.39 is 12.6 Å². The Morgan fingerprint density at radius 1 is 1.21 bits per heavy atom. The molecule has 2 rings (SSSR count). The summed E-state index contributed by atoms with van der Waals surface area (Å²) in [5, 5.41) is 0. The van der Waals surface area contributed by atoms with Crippen LogP contribution in [-0.4, -0.2) is 12.2 Å². The van der Waals surface area contributed by atoms with Crippen LogP contribution >= 0.6 is 0 Å². The standard InChI is InChI=1S/C10H16F3N/c11-10(12,13)5-4-8(14)9-6-2-1-3-7(6)9/h6-9H,1-5,14H2.